The quantitative estimate of drug-likeness (QED) is 0.911. The molecule has 3 nitrogen and oxygen atoms in total. The van der Waals surface area contributed by atoms with E-state index in [1.165, 1.54) is 10.9 Å². The Hall–Kier alpha value is -1.30. The van der Waals surface area contributed by atoms with Crippen LogP contribution in [0.15, 0.2) is 24.3 Å². The molecular formula is C16H19FN2OS. The number of halogens is 1. The number of aliphatic hydroxyl groups excluding tert-OH is 1. The minimum absolute atomic E-state index is 0.0555. The number of aromatic nitrogens is 1. The van der Waals surface area contributed by atoms with Crippen LogP contribution >= 0.6 is 11.3 Å². The molecule has 0 bridgehead atoms. The second-order valence-corrected chi connectivity index (χ2v) is 6.54. The Balaban J connectivity index is 1.93. The summed E-state index contributed by atoms with van der Waals surface area (Å²) in [5.41, 5.74) is 1.65. The number of rotatable bonds is 4. The number of benzene rings is 1. The Morgan fingerprint density at radius 1 is 1.48 bits per heavy atom. The molecule has 5 heteroatoms. The van der Waals surface area contributed by atoms with Crippen molar-refractivity contribution < 1.29 is 9.50 Å². The summed E-state index contributed by atoms with van der Waals surface area (Å²) >= 11 is 1.57. The molecule has 3 rings (SSSR count). The second kappa shape index (κ2) is 6.22. The molecule has 21 heavy (non-hydrogen) atoms. The number of nitrogens with zero attached hydrogens (tertiary/aromatic N) is 1. The molecule has 0 amide bonds. The third kappa shape index (κ3) is 3.00. The molecule has 0 saturated heterocycles. The van der Waals surface area contributed by atoms with E-state index in [0.717, 1.165) is 30.0 Å². The van der Waals surface area contributed by atoms with Gasteiger partial charge in [-0.25, -0.2) is 9.37 Å². The first-order chi connectivity index (χ1) is 10.2. The summed E-state index contributed by atoms with van der Waals surface area (Å²) in [6, 6.07) is 7.05. The molecule has 2 aromatic rings. The average molecular weight is 306 g/mol. The van der Waals surface area contributed by atoms with Crippen LogP contribution in [0.25, 0.3) is 10.6 Å². The largest absolute Gasteiger partial charge is 0.395 e. The lowest BCUT2D eigenvalue weighted by atomic mass is 9.97. The van der Waals surface area contributed by atoms with Gasteiger partial charge < -0.3 is 10.4 Å². The second-order valence-electron chi connectivity index (χ2n) is 5.50. The molecule has 0 spiro atoms. The predicted octanol–water partition coefficient (Wildman–Crippen LogP) is 3.30. The highest BCUT2D eigenvalue weighted by molar-refractivity contribution is 7.15. The fraction of sp³-hybridized carbons (Fsp3) is 0.438. The molecule has 2 N–H and O–H groups in total. The van der Waals surface area contributed by atoms with E-state index in [1.807, 2.05) is 13.0 Å². The summed E-state index contributed by atoms with van der Waals surface area (Å²) < 4.78 is 13.9. The van der Waals surface area contributed by atoms with Gasteiger partial charge in [0.2, 0.25) is 0 Å². The van der Waals surface area contributed by atoms with Crippen molar-refractivity contribution in [2.45, 2.75) is 38.3 Å². The van der Waals surface area contributed by atoms with Gasteiger partial charge in [0.25, 0.3) is 0 Å². The van der Waals surface area contributed by atoms with Crippen molar-refractivity contribution in [2.75, 3.05) is 6.61 Å². The minimum atomic E-state index is -0.225. The maximum atomic E-state index is 13.9. The monoisotopic (exact) mass is 306 g/mol. The summed E-state index contributed by atoms with van der Waals surface area (Å²) in [4.78, 5) is 5.84. The van der Waals surface area contributed by atoms with Gasteiger partial charge in [-0.15, -0.1) is 11.3 Å². The zero-order chi connectivity index (χ0) is 14.8. The lowest BCUT2D eigenvalue weighted by Gasteiger charge is -2.25. The first-order valence-corrected chi connectivity index (χ1v) is 8.12. The van der Waals surface area contributed by atoms with Crippen LogP contribution < -0.4 is 5.32 Å². The van der Waals surface area contributed by atoms with Crippen LogP contribution in [0.3, 0.4) is 0 Å². The molecule has 1 aliphatic carbocycles. The van der Waals surface area contributed by atoms with Crippen LogP contribution in [0.5, 0.6) is 0 Å². The zero-order valence-corrected chi connectivity index (χ0v) is 12.8. The van der Waals surface area contributed by atoms with Gasteiger partial charge in [0.15, 0.2) is 0 Å². The standard InChI is InChI=1S/C16H19FN2OS/c1-10(9-20)18-13-7-4-8-14-15(13)21-16(19-14)11-5-2-3-6-12(11)17/h2-3,5-6,10,13,18,20H,4,7-9H2,1H3. The van der Waals surface area contributed by atoms with E-state index in [0.29, 0.717) is 5.56 Å². The Labute approximate surface area is 127 Å². The number of thiazole rings is 1. The molecular weight excluding hydrogens is 287 g/mol. The summed E-state index contributed by atoms with van der Waals surface area (Å²) in [6.45, 7) is 2.08. The highest BCUT2D eigenvalue weighted by atomic mass is 32.1. The van der Waals surface area contributed by atoms with Crippen LogP contribution in [-0.2, 0) is 6.42 Å². The molecule has 1 aromatic carbocycles. The van der Waals surface area contributed by atoms with E-state index in [4.69, 9.17) is 0 Å². The molecule has 2 unspecified atom stereocenters. The molecule has 0 fully saturated rings. The Morgan fingerprint density at radius 2 is 2.29 bits per heavy atom. The van der Waals surface area contributed by atoms with E-state index in [1.54, 1.807) is 23.5 Å². The fourth-order valence-corrected chi connectivity index (χ4v) is 3.96. The highest BCUT2D eigenvalue weighted by Gasteiger charge is 2.26. The van der Waals surface area contributed by atoms with Crippen molar-refractivity contribution in [3.8, 4) is 10.6 Å². The van der Waals surface area contributed by atoms with Crippen LogP contribution in [0.4, 0.5) is 4.39 Å². The maximum absolute atomic E-state index is 13.9. The van der Waals surface area contributed by atoms with Crippen molar-refractivity contribution in [2.24, 2.45) is 0 Å². The molecule has 1 heterocycles. The molecule has 0 radical (unpaired) electrons. The summed E-state index contributed by atoms with van der Waals surface area (Å²) in [7, 11) is 0. The lowest BCUT2D eigenvalue weighted by Crippen LogP contribution is -2.34. The molecule has 0 saturated carbocycles. The Bertz CT molecular complexity index is 628. The normalized spacial score (nSPS) is 19.3. The zero-order valence-electron chi connectivity index (χ0n) is 12.0. The molecule has 112 valence electrons. The molecule has 0 aliphatic heterocycles. The SMILES string of the molecule is CC(CO)NC1CCCc2nc(-c3ccccc3F)sc21. The van der Waals surface area contributed by atoms with Gasteiger partial charge in [0.1, 0.15) is 10.8 Å². The van der Waals surface area contributed by atoms with Gasteiger partial charge in [0, 0.05) is 22.5 Å². The van der Waals surface area contributed by atoms with E-state index >= 15 is 0 Å². The number of nitrogens with one attached hydrogen (secondary N) is 1. The van der Waals surface area contributed by atoms with Crippen LogP contribution in [0, 0.1) is 5.82 Å². The van der Waals surface area contributed by atoms with Crippen LogP contribution in [-0.4, -0.2) is 22.7 Å². The predicted molar refractivity (Wildman–Crippen MR) is 82.9 cm³/mol. The van der Waals surface area contributed by atoms with Crippen molar-refractivity contribution in [3.05, 3.63) is 40.7 Å². The van der Waals surface area contributed by atoms with Gasteiger partial charge in [-0.2, -0.15) is 0 Å². The average Bonchev–Trinajstić information content (AvgIpc) is 2.92. The minimum Gasteiger partial charge on any atom is -0.395 e. The fourth-order valence-electron chi connectivity index (χ4n) is 2.72. The first-order valence-electron chi connectivity index (χ1n) is 7.30. The van der Waals surface area contributed by atoms with Gasteiger partial charge in [0.05, 0.1) is 12.3 Å². The van der Waals surface area contributed by atoms with E-state index in [2.05, 4.69) is 10.3 Å². The van der Waals surface area contributed by atoms with Crippen molar-refractivity contribution in [3.63, 3.8) is 0 Å². The van der Waals surface area contributed by atoms with Gasteiger partial charge >= 0.3 is 0 Å². The van der Waals surface area contributed by atoms with E-state index in [9.17, 15) is 9.50 Å². The summed E-state index contributed by atoms with van der Waals surface area (Å²) in [5, 5.41) is 13.4. The van der Waals surface area contributed by atoms with Gasteiger partial charge in [-0.3, -0.25) is 0 Å². The molecule has 1 aromatic heterocycles. The third-order valence-electron chi connectivity index (χ3n) is 3.81. The highest BCUT2D eigenvalue weighted by Crippen LogP contribution is 2.38. The number of hydrogen-bond acceptors (Lipinski definition) is 4. The van der Waals surface area contributed by atoms with Crippen LogP contribution in [0.2, 0.25) is 0 Å². The van der Waals surface area contributed by atoms with Crippen molar-refractivity contribution >= 4 is 11.3 Å². The van der Waals surface area contributed by atoms with Crippen LogP contribution in [0.1, 0.15) is 36.4 Å². The van der Waals surface area contributed by atoms with Gasteiger partial charge in [-0.1, -0.05) is 12.1 Å². The Kier molecular flexibility index (Phi) is 4.33. The molecule has 2 atom stereocenters. The number of fused-ring (bicyclic) bond motifs is 1. The Morgan fingerprint density at radius 3 is 3.05 bits per heavy atom. The maximum Gasteiger partial charge on any atom is 0.133 e. The summed E-state index contributed by atoms with van der Waals surface area (Å²) in [5.74, 6) is -0.225. The number of hydrogen-bond donors (Lipinski definition) is 2. The first kappa shape index (κ1) is 14.6. The topological polar surface area (TPSA) is 45.1 Å². The molecule has 1 aliphatic rings. The van der Waals surface area contributed by atoms with Crippen molar-refractivity contribution in [1.29, 1.82) is 0 Å². The number of aryl methyl sites for hydroxylation is 1. The number of aliphatic hydroxyl groups is 1. The van der Waals surface area contributed by atoms with Crippen molar-refractivity contribution in [1.82, 2.24) is 10.3 Å². The van der Waals surface area contributed by atoms with E-state index in [-0.39, 0.29) is 24.5 Å². The smallest absolute Gasteiger partial charge is 0.133 e. The van der Waals surface area contributed by atoms with Gasteiger partial charge in [-0.05, 0) is 38.3 Å². The third-order valence-corrected chi connectivity index (χ3v) is 5.06. The summed E-state index contributed by atoms with van der Waals surface area (Å²) in [6.07, 6.45) is 3.06. The van der Waals surface area contributed by atoms with E-state index < -0.39 is 0 Å². The lowest BCUT2D eigenvalue weighted by molar-refractivity contribution is 0.237.